The minimum absolute atomic E-state index is 0.167. The molecule has 0 N–H and O–H groups in total. The molecular formula is C27H29NO6S. The SMILES string of the molecule is CCOC(=O)C1=C(C)N=C2C[C@H](c3cccc(OC)c3)[C@@H](C(=O)OCC)C(=O)C2[C@@H]1c1ccsc1. The predicted octanol–water partition coefficient (Wildman–Crippen LogP) is 4.68. The number of nitrogens with zero attached hydrogens (tertiary/aromatic N) is 1. The van der Waals surface area contributed by atoms with Crippen molar-refractivity contribution in [3.63, 3.8) is 0 Å². The van der Waals surface area contributed by atoms with Crippen molar-refractivity contribution in [3.8, 4) is 5.75 Å². The van der Waals surface area contributed by atoms with Crippen LogP contribution in [0, 0.1) is 11.8 Å². The molecule has 1 aliphatic heterocycles. The number of benzene rings is 1. The van der Waals surface area contributed by atoms with E-state index in [-0.39, 0.29) is 19.0 Å². The highest BCUT2D eigenvalue weighted by molar-refractivity contribution is 7.08. The van der Waals surface area contributed by atoms with Crippen LogP contribution in [-0.2, 0) is 23.9 Å². The van der Waals surface area contributed by atoms with Crippen LogP contribution in [0.5, 0.6) is 5.75 Å². The number of aliphatic imine (C=N–C) groups is 1. The lowest BCUT2D eigenvalue weighted by Crippen LogP contribution is -2.48. The summed E-state index contributed by atoms with van der Waals surface area (Å²) in [6.07, 6.45) is 0.390. The van der Waals surface area contributed by atoms with Gasteiger partial charge in [-0.1, -0.05) is 12.1 Å². The fourth-order valence-corrected chi connectivity index (χ4v) is 5.85. The number of ether oxygens (including phenoxy) is 3. The van der Waals surface area contributed by atoms with Crippen molar-refractivity contribution in [2.75, 3.05) is 20.3 Å². The van der Waals surface area contributed by atoms with Gasteiger partial charge in [-0.25, -0.2) is 4.79 Å². The Morgan fingerprint density at radius 3 is 2.51 bits per heavy atom. The van der Waals surface area contributed by atoms with Gasteiger partial charge in [0.1, 0.15) is 11.7 Å². The molecule has 4 atom stereocenters. The van der Waals surface area contributed by atoms with Crippen LogP contribution in [-0.4, -0.2) is 43.8 Å². The third kappa shape index (κ3) is 4.67. The molecule has 0 bridgehead atoms. The molecule has 2 heterocycles. The quantitative estimate of drug-likeness (QED) is 0.409. The molecule has 184 valence electrons. The first-order valence-corrected chi connectivity index (χ1v) is 12.7. The molecule has 1 fully saturated rings. The number of esters is 2. The van der Waals surface area contributed by atoms with E-state index in [1.165, 1.54) is 11.3 Å². The second-order valence-electron chi connectivity index (χ2n) is 8.55. The molecule has 4 rings (SSSR count). The van der Waals surface area contributed by atoms with Gasteiger partial charge in [0, 0.05) is 23.2 Å². The summed E-state index contributed by atoms with van der Waals surface area (Å²) in [7, 11) is 1.58. The molecular weight excluding hydrogens is 466 g/mol. The standard InChI is InChI=1S/C27H29NO6S/c1-5-33-26(30)21-15(3)28-20-13-19(16-8-7-9-18(12-16)32-4)23(27(31)34-6-2)25(29)24(20)22(21)17-10-11-35-14-17/h7-12,14,19,22-24H,5-6,13H2,1-4H3/t19-,22-,23-,24?/m1/s1. The first-order chi connectivity index (χ1) is 16.9. The normalized spacial score (nSPS) is 23.9. The van der Waals surface area contributed by atoms with Gasteiger partial charge >= 0.3 is 11.9 Å². The van der Waals surface area contributed by atoms with Crippen LogP contribution in [0.4, 0.5) is 0 Å². The highest BCUT2D eigenvalue weighted by Gasteiger charge is 2.53. The average Bonchev–Trinajstić information content (AvgIpc) is 3.38. The molecule has 1 aromatic heterocycles. The number of Topliss-reactive ketones (excluding diaryl/α,β-unsaturated/α-hetero) is 1. The highest BCUT2D eigenvalue weighted by Crippen LogP contribution is 2.48. The number of ketones is 1. The summed E-state index contributed by atoms with van der Waals surface area (Å²) in [5.74, 6) is -3.47. The minimum Gasteiger partial charge on any atom is -0.497 e. The summed E-state index contributed by atoms with van der Waals surface area (Å²) in [5.41, 5.74) is 3.23. The van der Waals surface area contributed by atoms with Gasteiger partial charge < -0.3 is 14.2 Å². The van der Waals surface area contributed by atoms with Gasteiger partial charge in [-0.3, -0.25) is 14.6 Å². The molecule has 0 radical (unpaired) electrons. The van der Waals surface area contributed by atoms with E-state index in [1.54, 1.807) is 27.9 Å². The zero-order valence-electron chi connectivity index (χ0n) is 20.3. The number of fused-ring (bicyclic) bond motifs is 1. The zero-order valence-corrected chi connectivity index (χ0v) is 21.1. The highest BCUT2D eigenvalue weighted by atomic mass is 32.1. The molecule has 7 nitrogen and oxygen atoms in total. The summed E-state index contributed by atoms with van der Waals surface area (Å²) in [4.78, 5) is 45.1. The Labute approximate surface area is 208 Å². The predicted molar refractivity (Wildman–Crippen MR) is 133 cm³/mol. The van der Waals surface area contributed by atoms with Gasteiger partial charge in [0.25, 0.3) is 0 Å². The van der Waals surface area contributed by atoms with E-state index in [2.05, 4.69) is 0 Å². The Hall–Kier alpha value is -3.26. The first-order valence-electron chi connectivity index (χ1n) is 11.7. The number of allylic oxidation sites excluding steroid dienone is 1. The van der Waals surface area contributed by atoms with Crippen molar-refractivity contribution in [1.82, 2.24) is 0 Å². The topological polar surface area (TPSA) is 91.3 Å². The van der Waals surface area contributed by atoms with Crippen LogP contribution < -0.4 is 4.74 Å². The van der Waals surface area contributed by atoms with Crippen molar-refractivity contribution in [2.24, 2.45) is 16.8 Å². The molecule has 1 aromatic carbocycles. The zero-order chi connectivity index (χ0) is 25.1. The minimum atomic E-state index is -1.02. The van der Waals surface area contributed by atoms with Gasteiger partial charge in [0.2, 0.25) is 0 Å². The van der Waals surface area contributed by atoms with Crippen LogP contribution in [0.2, 0.25) is 0 Å². The van der Waals surface area contributed by atoms with E-state index in [9.17, 15) is 14.4 Å². The van der Waals surface area contributed by atoms with Gasteiger partial charge in [-0.2, -0.15) is 11.3 Å². The summed E-state index contributed by atoms with van der Waals surface area (Å²) >= 11 is 1.49. The summed E-state index contributed by atoms with van der Waals surface area (Å²) in [6, 6.07) is 9.30. The van der Waals surface area contributed by atoms with Crippen molar-refractivity contribution in [1.29, 1.82) is 0 Å². The molecule has 35 heavy (non-hydrogen) atoms. The molecule has 1 unspecified atom stereocenters. The van der Waals surface area contributed by atoms with E-state index in [0.717, 1.165) is 11.1 Å². The van der Waals surface area contributed by atoms with Crippen LogP contribution in [0.15, 0.2) is 57.4 Å². The molecule has 0 spiro atoms. The fourth-order valence-electron chi connectivity index (χ4n) is 5.15. The van der Waals surface area contributed by atoms with E-state index in [1.807, 2.05) is 41.1 Å². The Morgan fingerprint density at radius 1 is 1.09 bits per heavy atom. The largest absolute Gasteiger partial charge is 0.497 e. The Kier molecular flexibility index (Phi) is 7.50. The lowest BCUT2D eigenvalue weighted by Gasteiger charge is -2.41. The summed E-state index contributed by atoms with van der Waals surface area (Å²) in [5, 5.41) is 3.84. The molecule has 2 aromatic rings. The van der Waals surface area contributed by atoms with Crippen LogP contribution >= 0.6 is 11.3 Å². The van der Waals surface area contributed by atoms with Gasteiger partial charge in [-0.15, -0.1) is 0 Å². The van der Waals surface area contributed by atoms with Gasteiger partial charge in [0.15, 0.2) is 5.78 Å². The molecule has 8 heteroatoms. The van der Waals surface area contributed by atoms with Crippen LogP contribution in [0.3, 0.4) is 0 Å². The maximum absolute atomic E-state index is 14.2. The van der Waals surface area contributed by atoms with Crippen LogP contribution in [0.25, 0.3) is 0 Å². The summed E-state index contributed by atoms with van der Waals surface area (Å²) in [6.45, 7) is 5.62. The lowest BCUT2D eigenvalue weighted by molar-refractivity contribution is -0.153. The Balaban J connectivity index is 1.86. The van der Waals surface area contributed by atoms with Gasteiger partial charge in [0.05, 0.1) is 31.8 Å². The van der Waals surface area contributed by atoms with Crippen molar-refractivity contribution in [2.45, 2.75) is 39.0 Å². The second kappa shape index (κ2) is 10.6. The third-order valence-electron chi connectivity index (χ3n) is 6.61. The number of rotatable bonds is 7. The summed E-state index contributed by atoms with van der Waals surface area (Å²) < 4.78 is 16.1. The second-order valence-corrected chi connectivity index (χ2v) is 9.33. The number of hydrogen-bond donors (Lipinski definition) is 0. The van der Waals surface area contributed by atoms with E-state index < -0.39 is 35.6 Å². The fraction of sp³-hybridized carbons (Fsp3) is 0.407. The molecule has 2 aliphatic rings. The number of methoxy groups -OCH3 is 1. The first kappa shape index (κ1) is 24.9. The molecule has 0 saturated heterocycles. The monoisotopic (exact) mass is 495 g/mol. The number of thiophene rings is 1. The molecule has 0 amide bonds. The van der Waals surface area contributed by atoms with Crippen molar-refractivity contribution in [3.05, 3.63) is 63.5 Å². The van der Waals surface area contributed by atoms with E-state index >= 15 is 0 Å². The average molecular weight is 496 g/mol. The Bertz CT molecular complexity index is 1180. The van der Waals surface area contributed by atoms with Crippen LogP contribution in [0.1, 0.15) is 50.2 Å². The lowest BCUT2D eigenvalue weighted by atomic mass is 9.62. The van der Waals surface area contributed by atoms with E-state index in [4.69, 9.17) is 19.2 Å². The number of hydrogen-bond acceptors (Lipinski definition) is 8. The van der Waals surface area contributed by atoms with Crippen molar-refractivity contribution < 1.29 is 28.6 Å². The van der Waals surface area contributed by atoms with Crippen molar-refractivity contribution >= 4 is 34.8 Å². The maximum atomic E-state index is 14.2. The smallest absolute Gasteiger partial charge is 0.336 e. The van der Waals surface area contributed by atoms with E-state index in [0.29, 0.717) is 29.2 Å². The maximum Gasteiger partial charge on any atom is 0.336 e. The number of carbonyl (C=O) groups excluding carboxylic acids is 3. The Morgan fingerprint density at radius 2 is 1.86 bits per heavy atom. The van der Waals surface area contributed by atoms with Gasteiger partial charge in [-0.05, 0) is 67.3 Å². The number of carbonyl (C=O) groups is 3. The molecule has 1 aliphatic carbocycles. The molecule has 1 saturated carbocycles. The third-order valence-corrected chi connectivity index (χ3v) is 7.31.